The number of ketones is 1. The van der Waals surface area contributed by atoms with Crippen LogP contribution < -0.4 is 16.4 Å². The van der Waals surface area contributed by atoms with E-state index in [9.17, 15) is 13.6 Å². The molecule has 3 rings (SSSR count). The van der Waals surface area contributed by atoms with Gasteiger partial charge in [-0.1, -0.05) is 29.5 Å². The van der Waals surface area contributed by atoms with Crippen LogP contribution in [-0.2, 0) is 6.54 Å². The average molecular weight is 413 g/mol. The molecule has 2 aromatic carbocycles. The van der Waals surface area contributed by atoms with E-state index >= 15 is 0 Å². The van der Waals surface area contributed by atoms with Crippen LogP contribution in [0.2, 0.25) is 0 Å². The van der Waals surface area contributed by atoms with E-state index < -0.39 is 23.0 Å². The molecule has 9 heteroatoms. The van der Waals surface area contributed by atoms with Gasteiger partial charge in [0.1, 0.15) is 22.3 Å². The lowest BCUT2D eigenvalue weighted by molar-refractivity contribution is 0.103. The second-order valence-corrected chi connectivity index (χ2v) is 7.07. The zero-order valence-corrected chi connectivity index (χ0v) is 16.0. The summed E-state index contributed by atoms with van der Waals surface area (Å²) < 4.78 is 27.8. The normalized spacial score (nSPS) is 10.5. The highest BCUT2D eigenvalue weighted by molar-refractivity contribution is 7.18. The molecule has 0 aliphatic heterocycles. The van der Waals surface area contributed by atoms with Crippen molar-refractivity contribution >= 4 is 33.8 Å². The summed E-state index contributed by atoms with van der Waals surface area (Å²) in [6, 6.07) is 12.8. The number of nitrogens with zero attached hydrogens (tertiary/aromatic N) is 2. The van der Waals surface area contributed by atoms with Crippen molar-refractivity contribution in [1.82, 2.24) is 10.3 Å². The Bertz CT molecular complexity index is 1040. The third-order valence-electron chi connectivity index (χ3n) is 4.00. The first-order valence-corrected chi connectivity index (χ1v) is 9.50. The van der Waals surface area contributed by atoms with Gasteiger partial charge in [0.25, 0.3) is 0 Å². The molecular weight excluding hydrogens is 396 g/mol. The monoisotopic (exact) mass is 413 g/mol. The molecule has 148 valence electrons. The molecule has 1 heterocycles. The third kappa shape index (κ3) is 4.93. The number of carbonyl (C=O) groups excluding carboxylic acids is 1. The smallest absolute Gasteiger partial charge is 0.212 e. The van der Waals surface area contributed by atoms with Crippen LogP contribution in [0.15, 0.2) is 42.5 Å². The number of benzene rings is 2. The second-order valence-electron chi connectivity index (χ2n) is 6.07. The number of halogens is 2. The number of hydrogen-bond donors (Lipinski definition) is 3. The summed E-state index contributed by atoms with van der Waals surface area (Å²) in [7, 11) is 0. The van der Waals surface area contributed by atoms with E-state index in [0.717, 1.165) is 34.7 Å². The number of thiazole rings is 1. The van der Waals surface area contributed by atoms with Crippen molar-refractivity contribution < 1.29 is 13.6 Å². The zero-order valence-electron chi connectivity index (χ0n) is 15.2. The van der Waals surface area contributed by atoms with Crippen LogP contribution in [0.5, 0.6) is 0 Å². The molecule has 0 atom stereocenters. The molecule has 0 spiro atoms. The molecule has 0 fully saturated rings. The third-order valence-corrected chi connectivity index (χ3v) is 4.98. The lowest BCUT2D eigenvalue weighted by atomic mass is 10.1. The minimum atomic E-state index is -0.948. The fourth-order valence-electron chi connectivity index (χ4n) is 2.58. The fraction of sp³-hybridized carbons (Fsp3) is 0.150. The number of rotatable bonds is 8. The number of aromatic nitrogens is 1. The maximum Gasteiger partial charge on any atom is 0.212 e. The van der Waals surface area contributed by atoms with Crippen LogP contribution in [0.25, 0.3) is 0 Å². The largest absolute Gasteiger partial charge is 0.382 e. The van der Waals surface area contributed by atoms with Gasteiger partial charge >= 0.3 is 0 Å². The van der Waals surface area contributed by atoms with Gasteiger partial charge in [0.2, 0.25) is 5.78 Å². The summed E-state index contributed by atoms with van der Waals surface area (Å²) in [6.45, 7) is 1.26. The van der Waals surface area contributed by atoms with Crippen molar-refractivity contribution in [3.8, 4) is 6.07 Å². The molecule has 0 unspecified atom stereocenters. The molecule has 0 saturated carbocycles. The lowest BCUT2D eigenvalue weighted by Crippen LogP contribution is -2.13. The van der Waals surface area contributed by atoms with Crippen LogP contribution >= 0.6 is 11.3 Å². The van der Waals surface area contributed by atoms with Gasteiger partial charge in [-0.3, -0.25) is 4.79 Å². The summed E-state index contributed by atoms with van der Waals surface area (Å²) in [4.78, 5) is 16.6. The maximum atomic E-state index is 13.9. The number of nitrogen functional groups attached to an aromatic ring is 1. The van der Waals surface area contributed by atoms with Crippen molar-refractivity contribution in [1.29, 1.82) is 5.26 Å². The Kier molecular flexibility index (Phi) is 6.49. The first kappa shape index (κ1) is 20.4. The Morgan fingerprint density at radius 1 is 1.17 bits per heavy atom. The van der Waals surface area contributed by atoms with Crippen LogP contribution in [0.3, 0.4) is 0 Å². The Morgan fingerprint density at radius 2 is 1.86 bits per heavy atom. The molecular formula is C20H17F2N5OS. The first-order chi connectivity index (χ1) is 14.0. The van der Waals surface area contributed by atoms with E-state index in [-0.39, 0.29) is 10.7 Å². The number of carbonyl (C=O) groups is 1. The number of nitriles is 1. The summed E-state index contributed by atoms with van der Waals surface area (Å²) in [5.41, 5.74) is 6.91. The van der Waals surface area contributed by atoms with E-state index in [1.165, 1.54) is 6.07 Å². The van der Waals surface area contributed by atoms with Gasteiger partial charge in [0.15, 0.2) is 5.13 Å². The van der Waals surface area contributed by atoms with Gasteiger partial charge < -0.3 is 16.4 Å². The molecule has 0 radical (unpaired) electrons. The highest BCUT2D eigenvalue weighted by atomic mass is 32.1. The van der Waals surface area contributed by atoms with E-state index in [2.05, 4.69) is 21.7 Å². The number of hydrogen-bond acceptors (Lipinski definition) is 7. The Balaban J connectivity index is 1.71. The molecule has 6 nitrogen and oxygen atoms in total. The molecule has 0 aliphatic rings. The summed E-state index contributed by atoms with van der Waals surface area (Å²) >= 11 is 0.925. The van der Waals surface area contributed by atoms with E-state index in [1.54, 1.807) is 0 Å². The quantitative estimate of drug-likeness (QED) is 0.381. The van der Waals surface area contributed by atoms with Crippen molar-refractivity contribution in [2.75, 3.05) is 17.6 Å². The molecule has 29 heavy (non-hydrogen) atoms. The maximum absolute atomic E-state index is 13.9. The summed E-state index contributed by atoms with van der Waals surface area (Å²) in [5, 5.41) is 15.0. The predicted octanol–water partition coefficient (Wildman–Crippen LogP) is 3.98. The van der Waals surface area contributed by atoms with Gasteiger partial charge in [-0.2, -0.15) is 5.26 Å². The van der Waals surface area contributed by atoms with Crippen LogP contribution in [-0.4, -0.2) is 17.3 Å². The SMILES string of the molecule is N#CCCNCc1ccc(Nc2nc(N)c(C(=O)c3c(F)cccc3F)s2)cc1. The van der Waals surface area contributed by atoms with Gasteiger partial charge in [0.05, 0.1) is 11.6 Å². The van der Waals surface area contributed by atoms with E-state index in [1.807, 2.05) is 24.3 Å². The zero-order chi connectivity index (χ0) is 20.8. The standard InChI is InChI=1S/C20H17F2N5OS/c21-14-3-1-4-15(22)16(14)17(28)18-19(24)27-20(29-18)26-13-7-5-12(6-8-13)11-25-10-2-9-23/h1,3-8,25H,2,10-11,24H2,(H,26,27). The first-order valence-electron chi connectivity index (χ1n) is 8.68. The van der Waals surface area contributed by atoms with Gasteiger partial charge in [-0.05, 0) is 29.8 Å². The lowest BCUT2D eigenvalue weighted by Gasteiger charge is -2.05. The number of nitrogens with two attached hydrogens (primary N) is 1. The van der Waals surface area contributed by atoms with Crippen LogP contribution in [0.4, 0.5) is 25.4 Å². The predicted molar refractivity (Wildman–Crippen MR) is 108 cm³/mol. The minimum Gasteiger partial charge on any atom is -0.382 e. The topological polar surface area (TPSA) is 104 Å². The average Bonchev–Trinajstić information content (AvgIpc) is 3.06. The fourth-order valence-corrected chi connectivity index (χ4v) is 3.43. The summed E-state index contributed by atoms with van der Waals surface area (Å²) in [5.74, 6) is -2.83. The Labute approximate surface area is 170 Å². The van der Waals surface area contributed by atoms with Gasteiger partial charge in [-0.25, -0.2) is 13.8 Å². The van der Waals surface area contributed by atoms with E-state index in [4.69, 9.17) is 11.0 Å². The molecule has 0 bridgehead atoms. The number of nitrogens with one attached hydrogen (secondary N) is 2. The van der Waals surface area contributed by atoms with Crippen molar-refractivity contribution in [2.24, 2.45) is 0 Å². The van der Waals surface area contributed by atoms with Crippen molar-refractivity contribution in [3.63, 3.8) is 0 Å². The highest BCUT2D eigenvalue weighted by Gasteiger charge is 2.24. The Morgan fingerprint density at radius 3 is 2.52 bits per heavy atom. The van der Waals surface area contributed by atoms with Crippen LogP contribution in [0, 0.1) is 23.0 Å². The molecule has 3 aromatic rings. The minimum absolute atomic E-state index is 0.0326. The molecule has 1 aromatic heterocycles. The molecule has 0 saturated heterocycles. The Hall–Kier alpha value is -3.35. The molecule has 0 amide bonds. The summed E-state index contributed by atoms with van der Waals surface area (Å²) in [6.07, 6.45) is 0.447. The van der Waals surface area contributed by atoms with E-state index in [0.29, 0.717) is 24.6 Å². The molecule has 4 N–H and O–H groups in total. The molecule has 0 aliphatic carbocycles. The van der Waals surface area contributed by atoms with Gasteiger partial charge in [0, 0.05) is 25.2 Å². The second kappa shape index (κ2) is 9.23. The van der Waals surface area contributed by atoms with Crippen LogP contribution in [0.1, 0.15) is 27.2 Å². The van der Waals surface area contributed by atoms with Crippen molar-refractivity contribution in [3.05, 3.63) is 70.1 Å². The van der Waals surface area contributed by atoms with Crippen molar-refractivity contribution in [2.45, 2.75) is 13.0 Å². The number of anilines is 3. The van der Waals surface area contributed by atoms with Gasteiger partial charge in [-0.15, -0.1) is 0 Å². The highest BCUT2D eigenvalue weighted by Crippen LogP contribution is 2.31.